The third-order valence-electron chi connectivity index (χ3n) is 2.19. The minimum atomic E-state index is 0. The van der Waals surface area contributed by atoms with Crippen molar-refractivity contribution in [1.29, 1.82) is 0 Å². The summed E-state index contributed by atoms with van der Waals surface area (Å²) in [6.07, 6.45) is 4.08. The highest BCUT2D eigenvalue weighted by atomic mass is 35.5. The molecule has 0 unspecified atom stereocenters. The number of nitrogens with zero attached hydrogens (tertiary/aromatic N) is 2. The second-order valence-electron chi connectivity index (χ2n) is 3.77. The second-order valence-corrected chi connectivity index (χ2v) is 3.77. The summed E-state index contributed by atoms with van der Waals surface area (Å²) in [6, 6.07) is 0. The predicted molar refractivity (Wildman–Crippen MR) is 62.3 cm³/mol. The number of halogens is 1. The van der Waals surface area contributed by atoms with Gasteiger partial charge in [-0.25, -0.2) is 0 Å². The van der Waals surface area contributed by atoms with E-state index in [1.165, 1.54) is 32.4 Å². The van der Waals surface area contributed by atoms with Crippen LogP contribution in [-0.4, -0.2) is 36.9 Å². The molecule has 1 aliphatic heterocycles. The molecule has 0 N–H and O–H groups in total. The number of hydrogen-bond donors (Lipinski definition) is 0. The minimum absolute atomic E-state index is 0. The van der Waals surface area contributed by atoms with Crippen molar-refractivity contribution in [1.82, 2.24) is 4.90 Å². The maximum absolute atomic E-state index is 5.14. The van der Waals surface area contributed by atoms with Crippen LogP contribution in [0.5, 0.6) is 0 Å². The van der Waals surface area contributed by atoms with Crippen LogP contribution in [0.1, 0.15) is 33.1 Å². The average molecular weight is 221 g/mol. The summed E-state index contributed by atoms with van der Waals surface area (Å²) in [7, 11) is 0. The van der Waals surface area contributed by atoms with E-state index in [0.29, 0.717) is 0 Å². The molecular formula is C10H21ClN2O. The average Bonchev–Trinajstić information content (AvgIpc) is 2.14. The van der Waals surface area contributed by atoms with Crippen LogP contribution < -0.4 is 0 Å². The van der Waals surface area contributed by atoms with Crippen molar-refractivity contribution in [2.75, 3.05) is 26.2 Å². The fraction of sp³-hybridized carbons (Fsp3) is 0.900. The Labute approximate surface area is 92.9 Å². The largest absolute Gasteiger partial charge is 0.395 e. The van der Waals surface area contributed by atoms with Gasteiger partial charge in [0, 0.05) is 6.54 Å². The van der Waals surface area contributed by atoms with Gasteiger partial charge < -0.3 is 4.84 Å². The molecule has 0 aromatic rings. The number of rotatable bonds is 4. The molecule has 0 atom stereocenters. The van der Waals surface area contributed by atoms with E-state index in [1.807, 2.05) is 13.8 Å². The lowest BCUT2D eigenvalue weighted by Crippen LogP contribution is -2.32. The highest BCUT2D eigenvalue weighted by Crippen LogP contribution is 2.07. The molecule has 14 heavy (non-hydrogen) atoms. The first-order chi connectivity index (χ1) is 6.29. The number of hydrogen-bond acceptors (Lipinski definition) is 3. The lowest BCUT2D eigenvalue weighted by molar-refractivity contribution is 0.102. The first-order valence-electron chi connectivity index (χ1n) is 5.14. The monoisotopic (exact) mass is 220 g/mol. The molecule has 0 radical (unpaired) electrons. The standard InChI is InChI=1S/C10H20N2O.ClH/c1-10(2)11-13-9-8-12-6-4-3-5-7-12;/h3-9H2,1-2H3;1H. The van der Waals surface area contributed by atoms with Crippen molar-refractivity contribution < 1.29 is 4.84 Å². The van der Waals surface area contributed by atoms with Gasteiger partial charge in [0.15, 0.2) is 0 Å². The molecule has 84 valence electrons. The van der Waals surface area contributed by atoms with Crippen molar-refractivity contribution in [3.05, 3.63) is 0 Å². The highest BCUT2D eigenvalue weighted by molar-refractivity contribution is 5.85. The van der Waals surface area contributed by atoms with Crippen molar-refractivity contribution in [3.63, 3.8) is 0 Å². The summed E-state index contributed by atoms with van der Waals surface area (Å²) < 4.78 is 0. The normalized spacial score (nSPS) is 17.0. The smallest absolute Gasteiger partial charge is 0.129 e. The van der Waals surface area contributed by atoms with Gasteiger partial charge in [-0.3, -0.25) is 4.90 Å². The predicted octanol–water partition coefficient (Wildman–Crippen LogP) is 2.31. The fourth-order valence-electron chi connectivity index (χ4n) is 1.53. The SMILES string of the molecule is CC(C)=NOCCN1CCCCC1.Cl. The molecule has 0 aromatic carbocycles. The Balaban J connectivity index is 0.00000169. The van der Waals surface area contributed by atoms with Gasteiger partial charge in [0.1, 0.15) is 6.61 Å². The molecule has 4 heteroatoms. The van der Waals surface area contributed by atoms with Crippen LogP contribution in [0.3, 0.4) is 0 Å². The molecular weight excluding hydrogens is 200 g/mol. The lowest BCUT2D eigenvalue weighted by Gasteiger charge is -2.25. The minimum Gasteiger partial charge on any atom is -0.395 e. The number of oxime groups is 1. The highest BCUT2D eigenvalue weighted by Gasteiger charge is 2.08. The van der Waals surface area contributed by atoms with Gasteiger partial charge >= 0.3 is 0 Å². The Morgan fingerprint density at radius 1 is 1.21 bits per heavy atom. The maximum Gasteiger partial charge on any atom is 0.129 e. The first-order valence-corrected chi connectivity index (χ1v) is 5.14. The topological polar surface area (TPSA) is 24.8 Å². The van der Waals surface area contributed by atoms with E-state index in [4.69, 9.17) is 4.84 Å². The lowest BCUT2D eigenvalue weighted by atomic mass is 10.1. The Hall–Kier alpha value is -0.280. The zero-order valence-electron chi connectivity index (χ0n) is 9.16. The van der Waals surface area contributed by atoms with Crippen molar-refractivity contribution in [2.45, 2.75) is 33.1 Å². The van der Waals surface area contributed by atoms with E-state index in [9.17, 15) is 0 Å². The van der Waals surface area contributed by atoms with Crippen LogP contribution in [0, 0.1) is 0 Å². The molecule has 1 aliphatic rings. The molecule has 0 bridgehead atoms. The van der Waals surface area contributed by atoms with E-state index in [0.717, 1.165) is 18.9 Å². The van der Waals surface area contributed by atoms with Gasteiger partial charge in [-0.1, -0.05) is 11.6 Å². The summed E-state index contributed by atoms with van der Waals surface area (Å²) in [5, 5.41) is 3.90. The van der Waals surface area contributed by atoms with Crippen molar-refractivity contribution in [2.24, 2.45) is 5.16 Å². The summed E-state index contributed by atoms with van der Waals surface area (Å²) in [4.78, 5) is 7.59. The second kappa shape index (κ2) is 8.06. The zero-order chi connectivity index (χ0) is 9.52. The Kier molecular flexibility index (Phi) is 7.90. The molecule has 0 saturated carbocycles. The summed E-state index contributed by atoms with van der Waals surface area (Å²) in [5.41, 5.74) is 0.985. The van der Waals surface area contributed by atoms with Crippen LogP contribution in [0.15, 0.2) is 5.16 Å². The molecule has 0 spiro atoms. The number of piperidine rings is 1. The molecule has 1 rings (SSSR count). The van der Waals surface area contributed by atoms with Crippen LogP contribution in [0.2, 0.25) is 0 Å². The Bertz CT molecular complexity index is 164. The summed E-state index contributed by atoms with van der Waals surface area (Å²) >= 11 is 0. The van der Waals surface area contributed by atoms with E-state index in [2.05, 4.69) is 10.1 Å². The van der Waals surface area contributed by atoms with E-state index < -0.39 is 0 Å². The third kappa shape index (κ3) is 6.22. The van der Waals surface area contributed by atoms with E-state index in [1.54, 1.807) is 0 Å². The maximum atomic E-state index is 5.14. The van der Waals surface area contributed by atoms with Gasteiger partial charge in [0.2, 0.25) is 0 Å². The van der Waals surface area contributed by atoms with E-state index in [-0.39, 0.29) is 12.4 Å². The van der Waals surface area contributed by atoms with Crippen molar-refractivity contribution >= 4 is 18.1 Å². The van der Waals surface area contributed by atoms with Crippen LogP contribution in [0.25, 0.3) is 0 Å². The fourth-order valence-corrected chi connectivity index (χ4v) is 1.53. The van der Waals surface area contributed by atoms with Crippen LogP contribution >= 0.6 is 12.4 Å². The molecule has 1 saturated heterocycles. The van der Waals surface area contributed by atoms with Gasteiger partial charge in [0.05, 0.1) is 5.71 Å². The Morgan fingerprint density at radius 3 is 2.43 bits per heavy atom. The molecule has 3 nitrogen and oxygen atoms in total. The first kappa shape index (κ1) is 13.7. The molecule has 0 aromatic heterocycles. The van der Waals surface area contributed by atoms with Gasteiger partial charge in [0.25, 0.3) is 0 Å². The summed E-state index contributed by atoms with van der Waals surface area (Å²) in [5.74, 6) is 0. The molecule has 0 aliphatic carbocycles. The molecule has 1 heterocycles. The summed E-state index contributed by atoms with van der Waals surface area (Å²) in [6.45, 7) is 8.11. The van der Waals surface area contributed by atoms with E-state index >= 15 is 0 Å². The third-order valence-corrected chi connectivity index (χ3v) is 2.19. The van der Waals surface area contributed by atoms with Crippen LogP contribution in [0.4, 0.5) is 0 Å². The quantitative estimate of drug-likeness (QED) is 0.413. The zero-order valence-corrected chi connectivity index (χ0v) is 9.98. The van der Waals surface area contributed by atoms with Crippen LogP contribution in [-0.2, 0) is 4.84 Å². The Morgan fingerprint density at radius 2 is 1.86 bits per heavy atom. The molecule has 1 fully saturated rings. The number of likely N-dealkylation sites (tertiary alicyclic amines) is 1. The van der Waals surface area contributed by atoms with Crippen molar-refractivity contribution in [3.8, 4) is 0 Å². The van der Waals surface area contributed by atoms with Gasteiger partial charge in [-0.05, 0) is 39.8 Å². The molecule has 0 amide bonds. The van der Waals surface area contributed by atoms with Gasteiger partial charge in [-0.2, -0.15) is 0 Å². The van der Waals surface area contributed by atoms with Gasteiger partial charge in [-0.15, -0.1) is 12.4 Å².